The van der Waals surface area contributed by atoms with Crippen LogP contribution in [0.5, 0.6) is 5.75 Å². The van der Waals surface area contributed by atoms with E-state index in [-0.39, 0.29) is 5.75 Å². The summed E-state index contributed by atoms with van der Waals surface area (Å²) in [6, 6.07) is 3.09. The summed E-state index contributed by atoms with van der Waals surface area (Å²) in [5, 5.41) is 21.9. The lowest BCUT2D eigenvalue weighted by Gasteiger charge is -2.15. The highest BCUT2D eigenvalue weighted by molar-refractivity contribution is 8.12. The Bertz CT molecular complexity index is 366. The van der Waals surface area contributed by atoms with Crippen LogP contribution in [-0.4, -0.2) is 22.9 Å². The Labute approximate surface area is 92.3 Å². The maximum absolute atomic E-state index is 10.5. The lowest BCUT2D eigenvalue weighted by Crippen LogP contribution is -1.99. The van der Waals surface area contributed by atoms with Crippen LogP contribution in [0.4, 0.5) is 5.69 Å². The second-order valence-corrected chi connectivity index (χ2v) is 3.85. The van der Waals surface area contributed by atoms with Gasteiger partial charge in [-0.3, -0.25) is 4.79 Å². The Morgan fingerprint density at radius 3 is 2.67 bits per heavy atom. The topological polar surface area (TPSA) is 69.6 Å². The molecule has 0 spiro atoms. The van der Waals surface area contributed by atoms with Crippen molar-refractivity contribution in [1.29, 1.82) is 0 Å². The van der Waals surface area contributed by atoms with Crippen molar-refractivity contribution in [3.05, 3.63) is 17.7 Å². The number of carbonyl (C=O) groups excluding carboxylic acids is 1. The van der Waals surface area contributed by atoms with Crippen LogP contribution in [0, 0.1) is 0 Å². The zero-order valence-electron chi connectivity index (χ0n) is 8.52. The molecule has 0 bridgehead atoms. The second kappa shape index (κ2) is 5.04. The van der Waals surface area contributed by atoms with Crippen molar-refractivity contribution in [3.8, 4) is 5.75 Å². The first-order valence-electron chi connectivity index (χ1n) is 4.43. The third-order valence-corrected chi connectivity index (χ3v) is 2.80. The van der Waals surface area contributed by atoms with Gasteiger partial charge >= 0.3 is 0 Å². The third-order valence-electron chi connectivity index (χ3n) is 2.03. The average molecular weight is 227 g/mol. The van der Waals surface area contributed by atoms with Crippen LogP contribution in [0.25, 0.3) is 0 Å². The summed E-state index contributed by atoms with van der Waals surface area (Å²) >= 11 is 0.933. The maximum Gasteiger partial charge on any atom is 0.181 e. The number of thioether (sulfide) groups is 1. The Kier molecular flexibility index (Phi) is 3.99. The van der Waals surface area contributed by atoms with Crippen molar-refractivity contribution >= 4 is 23.1 Å². The van der Waals surface area contributed by atoms with Crippen LogP contribution in [-0.2, 0) is 4.79 Å². The van der Waals surface area contributed by atoms with Crippen molar-refractivity contribution in [1.82, 2.24) is 0 Å². The number of rotatable bonds is 4. The van der Waals surface area contributed by atoms with Gasteiger partial charge in [0.25, 0.3) is 0 Å². The molecule has 1 aromatic rings. The van der Waals surface area contributed by atoms with Crippen LogP contribution in [0.15, 0.2) is 17.0 Å². The minimum absolute atomic E-state index is 0.0613. The van der Waals surface area contributed by atoms with Gasteiger partial charge in [-0.15, -0.1) is 0 Å². The Balaban J connectivity index is 3.34. The molecule has 4 nitrogen and oxygen atoms in total. The summed E-state index contributed by atoms with van der Waals surface area (Å²) < 4.78 is 0. The van der Waals surface area contributed by atoms with E-state index in [4.69, 9.17) is 0 Å². The molecule has 0 aliphatic heterocycles. The summed E-state index contributed by atoms with van der Waals surface area (Å²) in [5.74, 6) is 0.0613. The first-order chi connectivity index (χ1) is 7.11. The van der Waals surface area contributed by atoms with Gasteiger partial charge in [0.1, 0.15) is 5.75 Å². The van der Waals surface area contributed by atoms with Crippen molar-refractivity contribution in [3.63, 3.8) is 0 Å². The predicted molar refractivity (Wildman–Crippen MR) is 60.9 cm³/mol. The number of aromatic hydroxyl groups is 1. The van der Waals surface area contributed by atoms with E-state index in [1.54, 1.807) is 20.0 Å². The second-order valence-electron chi connectivity index (χ2n) is 3.02. The minimum atomic E-state index is -0.680. The SMILES string of the molecule is CNc1c(O)ccc(C(C)O)c1SC=O. The average Bonchev–Trinajstić information content (AvgIpc) is 2.18. The molecule has 1 aromatic carbocycles. The van der Waals surface area contributed by atoms with Gasteiger partial charge in [-0.05, 0) is 18.6 Å². The maximum atomic E-state index is 10.5. The van der Waals surface area contributed by atoms with Crippen LogP contribution in [0.1, 0.15) is 18.6 Å². The van der Waals surface area contributed by atoms with Crippen molar-refractivity contribution in [2.75, 3.05) is 12.4 Å². The smallest absolute Gasteiger partial charge is 0.181 e. The first-order valence-corrected chi connectivity index (χ1v) is 5.31. The van der Waals surface area contributed by atoms with Crippen molar-refractivity contribution in [2.24, 2.45) is 0 Å². The summed E-state index contributed by atoms with van der Waals surface area (Å²) in [6.07, 6.45) is -0.680. The van der Waals surface area contributed by atoms with E-state index in [1.807, 2.05) is 0 Å². The van der Waals surface area contributed by atoms with Crippen LogP contribution in [0.3, 0.4) is 0 Å². The number of aliphatic hydroxyl groups excluding tert-OH is 1. The summed E-state index contributed by atoms with van der Waals surface area (Å²) in [6.45, 7) is 1.61. The zero-order chi connectivity index (χ0) is 11.4. The molecule has 0 saturated carbocycles. The largest absolute Gasteiger partial charge is 0.506 e. The lowest BCUT2D eigenvalue weighted by molar-refractivity contribution is 0.196. The van der Waals surface area contributed by atoms with E-state index < -0.39 is 6.10 Å². The summed E-state index contributed by atoms with van der Waals surface area (Å²) in [5.41, 5.74) is 1.75. The minimum Gasteiger partial charge on any atom is -0.506 e. The fraction of sp³-hybridized carbons (Fsp3) is 0.300. The Morgan fingerprint density at radius 1 is 1.53 bits per heavy atom. The van der Waals surface area contributed by atoms with Crippen LogP contribution < -0.4 is 5.32 Å². The molecule has 0 saturated heterocycles. The van der Waals surface area contributed by atoms with E-state index in [0.29, 0.717) is 21.8 Å². The first kappa shape index (κ1) is 11.9. The molecule has 1 rings (SSSR count). The molecule has 0 heterocycles. The molecule has 0 radical (unpaired) electrons. The number of hydrogen-bond acceptors (Lipinski definition) is 5. The highest BCUT2D eigenvalue weighted by Crippen LogP contribution is 2.38. The lowest BCUT2D eigenvalue weighted by atomic mass is 10.1. The Morgan fingerprint density at radius 2 is 2.20 bits per heavy atom. The molecule has 1 atom stereocenters. The molecule has 0 aromatic heterocycles. The van der Waals surface area contributed by atoms with Gasteiger partial charge in [0.15, 0.2) is 5.62 Å². The van der Waals surface area contributed by atoms with E-state index >= 15 is 0 Å². The van der Waals surface area contributed by atoms with Crippen LogP contribution >= 0.6 is 11.8 Å². The number of phenolic OH excluding ortho intramolecular Hbond substituents is 1. The van der Waals surface area contributed by atoms with Gasteiger partial charge in [0.2, 0.25) is 0 Å². The predicted octanol–water partition coefficient (Wildman–Crippen LogP) is 1.77. The van der Waals surface area contributed by atoms with Crippen molar-refractivity contribution in [2.45, 2.75) is 17.9 Å². The number of anilines is 1. The zero-order valence-corrected chi connectivity index (χ0v) is 9.34. The van der Waals surface area contributed by atoms with E-state index in [0.717, 1.165) is 11.8 Å². The number of carbonyl (C=O) groups is 1. The molecule has 15 heavy (non-hydrogen) atoms. The number of benzene rings is 1. The number of phenols is 1. The van der Waals surface area contributed by atoms with Gasteiger partial charge in [-0.1, -0.05) is 17.8 Å². The number of nitrogens with one attached hydrogen (secondary N) is 1. The fourth-order valence-corrected chi connectivity index (χ4v) is 2.13. The summed E-state index contributed by atoms with van der Waals surface area (Å²) in [7, 11) is 1.65. The molecule has 0 aliphatic rings. The summed E-state index contributed by atoms with van der Waals surface area (Å²) in [4.78, 5) is 11.1. The molecule has 0 aliphatic carbocycles. The molecular weight excluding hydrogens is 214 g/mol. The quantitative estimate of drug-likeness (QED) is 0.415. The molecule has 1 unspecified atom stereocenters. The standard InChI is InChI=1S/C10H13NO3S/c1-6(13)7-3-4-8(14)9(11-2)10(7)15-5-12/h3-6,11,13-14H,1-2H3. The Hall–Kier alpha value is -1.20. The number of aliphatic hydroxyl groups is 1. The molecule has 82 valence electrons. The van der Waals surface area contributed by atoms with Crippen LogP contribution in [0.2, 0.25) is 0 Å². The molecule has 0 fully saturated rings. The van der Waals surface area contributed by atoms with Gasteiger partial charge in [-0.25, -0.2) is 0 Å². The monoisotopic (exact) mass is 227 g/mol. The highest BCUT2D eigenvalue weighted by Gasteiger charge is 2.15. The van der Waals surface area contributed by atoms with Crippen molar-refractivity contribution < 1.29 is 15.0 Å². The van der Waals surface area contributed by atoms with Gasteiger partial charge < -0.3 is 15.5 Å². The van der Waals surface area contributed by atoms with Gasteiger partial charge in [0, 0.05) is 11.9 Å². The molecule has 5 heteroatoms. The third kappa shape index (κ3) is 2.43. The molecular formula is C10H13NO3S. The highest BCUT2D eigenvalue weighted by atomic mass is 32.2. The number of hydrogen-bond donors (Lipinski definition) is 3. The van der Waals surface area contributed by atoms with Gasteiger partial charge in [-0.2, -0.15) is 0 Å². The van der Waals surface area contributed by atoms with E-state index in [9.17, 15) is 15.0 Å². The van der Waals surface area contributed by atoms with E-state index in [1.165, 1.54) is 6.07 Å². The normalized spacial score (nSPS) is 12.2. The molecule has 0 amide bonds. The fourth-order valence-electron chi connectivity index (χ4n) is 1.33. The van der Waals surface area contributed by atoms with E-state index in [2.05, 4.69) is 5.32 Å². The molecule has 3 N–H and O–H groups in total. The van der Waals surface area contributed by atoms with Gasteiger partial charge in [0.05, 0.1) is 11.8 Å².